The van der Waals surface area contributed by atoms with Crippen LogP contribution in [0.5, 0.6) is 0 Å². The van der Waals surface area contributed by atoms with Crippen LogP contribution in [0.2, 0.25) is 5.02 Å². The highest BCUT2D eigenvalue weighted by atomic mass is 35.5. The van der Waals surface area contributed by atoms with Crippen LogP contribution in [-0.2, 0) is 11.3 Å². The molecule has 0 aromatic heterocycles. The van der Waals surface area contributed by atoms with Crippen molar-refractivity contribution in [3.05, 3.63) is 68.7 Å². The number of carbonyl (C=O) groups excluding carboxylic acids is 2. The predicted molar refractivity (Wildman–Crippen MR) is 99.3 cm³/mol. The second-order valence-electron chi connectivity index (χ2n) is 5.60. The molecular weight excluding hydrogens is 358 g/mol. The minimum absolute atomic E-state index is 0.0522. The third kappa shape index (κ3) is 5.29. The first kappa shape index (κ1) is 19.4. The highest BCUT2D eigenvalue weighted by molar-refractivity contribution is 6.31. The number of nitro groups is 1. The lowest BCUT2D eigenvalue weighted by Crippen LogP contribution is -2.23. The molecule has 7 nitrogen and oxygen atoms in total. The summed E-state index contributed by atoms with van der Waals surface area (Å²) < 4.78 is 0. The average Bonchev–Trinajstić information content (AvgIpc) is 2.61. The fourth-order valence-corrected chi connectivity index (χ4v) is 2.45. The van der Waals surface area contributed by atoms with E-state index in [9.17, 15) is 19.7 Å². The quantitative estimate of drug-likeness (QED) is 0.565. The first-order valence-corrected chi connectivity index (χ1v) is 8.39. The van der Waals surface area contributed by atoms with Gasteiger partial charge in [-0.25, -0.2) is 0 Å². The Morgan fingerprint density at radius 1 is 1.15 bits per heavy atom. The Morgan fingerprint density at radius 2 is 1.85 bits per heavy atom. The van der Waals surface area contributed by atoms with Crippen LogP contribution in [0.4, 0.5) is 11.4 Å². The van der Waals surface area contributed by atoms with Gasteiger partial charge < -0.3 is 10.6 Å². The summed E-state index contributed by atoms with van der Waals surface area (Å²) in [5.41, 5.74) is 1.07. The number of hydrogen-bond acceptors (Lipinski definition) is 4. The number of nitrogens with one attached hydrogen (secondary N) is 2. The molecule has 0 spiro atoms. The summed E-state index contributed by atoms with van der Waals surface area (Å²) in [7, 11) is 0. The molecule has 0 fully saturated rings. The summed E-state index contributed by atoms with van der Waals surface area (Å²) in [5, 5.41) is 16.7. The van der Waals surface area contributed by atoms with Gasteiger partial charge in [0.05, 0.1) is 4.92 Å². The van der Waals surface area contributed by atoms with Crippen molar-refractivity contribution in [2.24, 2.45) is 0 Å². The Balaban J connectivity index is 2.00. The van der Waals surface area contributed by atoms with E-state index < -0.39 is 10.8 Å². The lowest BCUT2D eigenvalue weighted by Gasteiger charge is -2.08. The maximum absolute atomic E-state index is 12.2. The van der Waals surface area contributed by atoms with E-state index in [1.165, 1.54) is 12.1 Å². The van der Waals surface area contributed by atoms with Crippen molar-refractivity contribution in [2.75, 3.05) is 5.32 Å². The number of nitro benzene ring substituents is 1. The molecular formula is C18H18ClN3O4. The Labute approximate surface area is 155 Å². The number of hydrogen-bond donors (Lipinski definition) is 2. The summed E-state index contributed by atoms with van der Waals surface area (Å²) in [6.45, 7) is 2.12. The van der Waals surface area contributed by atoms with Crippen molar-refractivity contribution in [3.8, 4) is 0 Å². The minimum atomic E-state index is -0.644. The molecule has 0 radical (unpaired) electrons. The second kappa shape index (κ2) is 8.96. The molecule has 0 unspecified atom stereocenters. The van der Waals surface area contributed by atoms with Crippen molar-refractivity contribution in [1.82, 2.24) is 5.32 Å². The number of benzene rings is 2. The zero-order chi connectivity index (χ0) is 19.1. The van der Waals surface area contributed by atoms with Gasteiger partial charge in [0.2, 0.25) is 5.91 Å². The number of amides is 2. The van der Waals surface area contributed by atoms with E-state index in [0.717, 1.165) is 18.1 Å². The third-order valence-corrected chi connectivity index (χ3v) is 3.80. The Hall–Kier alpha value is -2.93. The average molecular weight is 376 g/mol. The molecule has 0 saturated heterocycles. The fourth-order valence-electron chi connectivity index (χ4n) is 2.28. The van der Waals surface area contributed by atoms with Crippen molar-refractivity contribution < 1.29 is 14.5 Å². The van der Waals surface area contributed by atoms with Crippen LogP contribution in [0.15, 0.2) is 42.5 Å². The summed E-state index contributed by atoms with van der Waals surface area (Å²) >= 11 is 5.74. The van der Waals surface area contributed by atoms with Crippen LogP contribution in [-0.4, -0.2) is 16.7 Å². The molecule has 2 aromatic carbocycles. The molecule has 2 N–H and O–H groups in total. The van der Waals surface area contributed by atoms with Gasteiger partial charge in [-0.15, -0.1) is 0 Å². The van der Waals surface area contributed by atoms with Gasteiger partial charge in [-0.05, 0) is 36.2 Å². The molecule has 0 bridgehead atoms. The number of halogens is 1. The van der Waals surface area contributed by atoms with Crippen LogP contribution >= 0.6 is 11.6 Å². The highest BCUT2D eigenvalue weighted by Crippen LogP contribution is 2.23. The summed E-state index contributed by atoms with van der Waals surface area (Å²) in [6, 6.07) is 10.9. The van der Waals surface area contributed by atoms with Gasteiger partial charge in [0.25, 0.3) is 11.6 Å². The summed E-state index contributed by atoms with van der Waals surface area (Å²) in [4.78, 5) is 34.2. The zero-order valence-corrected chi connectivity index (χ0v) is 14.9. The van der Waals surface area contributed by atoms with E-state index in [1.54, 1.807) is 24.3 Å². The summed E-state index contributed by atoms with van der Waals surface area (Å²) in [6.07, 6.45) is 1.23. The van der Waals surface area contributed by atoms with E-state index >= 15 is 0 Å². The smallest absolute Gasteiger partial charge is 0.283 e. The zero-order valence-electron chi connectivity index (χ0n) is 14.1. The molecule has 136 valence electrons. The highest BCUT2D eigenvalue weighted by Gasteiger charge is 2.20. The second-order valence-corrected chi connectivity index (χ2v) is 6.03. The first-order chi connectivity index (χ1) is 12.4. The molecule has 0 heterocycles. The van der Waals surface area contributed by atoms with Crippen LogP contribution in [0, 0.1) is 10.1 Å². The van der Waals surface area contributed by atoms with Gasteiger partial charge in [-0.2, -0.15) is 0 Å². The molecule has 2 aromatic rings. The van der Waals surface area contributed by atoms with Crippen LogP contribution in [0.3, 0.4) is 0 Å². The van der Waals surface area contributed by atoms with Gasteiger partial charge in [-0.1, -0.05) is 30.7 Å². The lowest BCUT2D eigenvalue weighted by atomic mass is 10.1. The SMILES string of the molecule is CCCC(=O)Nc1ccc(CNC(=O)c2ccc(Cl)cc2[N+](=O)[O-])cc1. The van der Waals surface area contributed by atoms with Gasteiger partial charge in [0.15, 0.2) is 0 Å². The normalized spacial score (nSPS) is 10.2. The number of anilines is 1. The molecule has 0 atom stereocenters. The molecule has 2 amide bonds. The van der Waals surface area contributed by atoms with Gasteiger partial charge in [0, 0.05) is 29.7 Å². The third-order valence-electron chi connectivity index (χ3n) is 3.57. The van der Waals surface area contributed by atoms with E-state index in [2.05, 4.69) is 10.6 Å². The monoisotopic (exact) mass is 375 g/mol. The first-order valence-electron chi connectivity index (χ1n) is 8.01. The molecule has 0 aliphatic carbocycles. The van der Waals surface area contributed by atoms with Crippen molar-refractivity contribution >= 4 is 34.8 Å². The number of nitrogens with zero attached hydrogens (tertiary/aromatic N) is 1. The number of carbonyl (C=O) groups is 2. The van der Waals surface area contributed by atoms with Crippen LogP contribution in [0.25, 0.3) is 0 Å². The van der Waals surface area contributed by atoms with Crippen molar-refractivity contribution in [3.63, 3.8) is 0 Å². The largest absolute Gasteiger partial charge is 0.348 e. The lowest BCUT2D eigenvalue weighted by molar-refractivity contribution is -0.385. The molecule has 8 heteroatoms. The van der Waals surface area contributed by atoms with Crippen molar-refractivity contribution in [2.45, 2.75) is 26.3 Å². The predicted octanol–water partition coefficient (Wildman–Crippen LogP) is 3.92. The molecule has 0 aliphatic rings. The van der Waals surface area contributed by atoms with Crippen molar-refractivity contribution in [1.29, 1.82) is 0 Å². The Morgan fingerprint density at radius 3 is 2.46 bits per heavy atom. The Bertz CT molecular complexity index is 822. The molecule has 0 saturated carbocycles. The summed E-state index contributed by atoms with van der Waals surface area (Å²) in [5.74, 6) is -0.614. The van der Waals surface area contributed by atoms with Crippen LogP contribution < -0.4 is 10.6 Å². The maximum atomic E-state index is 12.2. The molecule has 0 aliphatic heterocycles. The number of rotatable bonds is 7. The van der Waals surface area contributed by atoms with Gasteiger partial charge >= 0.3 is 0 Å². The minimum Gasteiger partial charge on any atom is -0.348 e. The van der Waals surface area contributed by atoms with Crippen LogP contribution in [0.1, 0.15) is 35.7 Å². The topological polar surface area (TPSA) is 101 Å². The van der Waals surface area contributed by atoms with E-state index in [1.807, 2.05) is 6.92 Å². The van der Waals surface area contributed by atoms with E-state index in [0.29, 0.717) is 12.1 Å². The Kier molecular flexibility index (Phi) is 6.68. The fraction of sp³-hybridized carbons (Fsp3) is 0.222. The van der Waals surface area contributed by atoms with E-state index in [-0.39, 0.29) is 28.7 Å². The standard InChI is InChI=1S/C18H18ClN3O4/c1-2-3-17(23)21-14-7-4-12(5-8-14)11-20-18(24)15-9-6-13(19)10-16(15)22(25)26/h4-10H,2-3,11H2,1H3,(H,20,24)(H,21,23). The maximum Gasteiger partial charge on any atom is 0.283 e. The van der Waals surface area contributed by atoms with Gasteiger partial charge in [-0.3, -0.25) is 19.7 Å². The molecule has 26 heavy (non-hydrogen) atoms. The van der Waals surface area contributed by atoms with E-state index in [4.69, 9.17) is 11.6 Å². The molecule has 2 rings (SSSR count). The van der Waals surface area contributed by atoms with Gasteiger partial charge in [0.1, 0.15) is 5.56 Å².